The fraction of sp³-hybridized carbons (Fsp3) is 0.200. The maximum Gasteiger partial charge on any atom is 0.573 e. The fourth-order valence-electron chi connectivity index (χ4n) is 4.18. The van der Waals surface area contributed by atoms with Crippen LogP contribution < -0.4 is 19.5 Å². The minimum Gasteiger partial charge on any atom is -0.491 e. The lowest BCUT2D eigenvalue weighted by Gasteiger charge is -2.38. The van der Waals surface area contributed by atoms with Crippen LogP contribution in [0, 0.1) is 0 Å². The van der Waals surface area contributed by atoms with Crippen molar-refractivity contribution in [1.29, 1.82) is 0 Å². The van der Waals surface area contributed by atoms with Crippen LogP contribution in [0.2, 0.25) is 0 Å². The van der Waals surface area contributed by atoms with Crippen LogP contribution in [0.4, 0.5) is 13.2 Å². The third-order valence-electron chi connectivity index (χ3n) is 5.75. The molecular formula is C25H21F3N4O6. The molecular weight excluding hydrogens is 509 g/mol. The molecule has 3 N–H and O–H groups in total. The SMILES string of the molecule is COc1cc2cc(C(=O)N[C@]3(c4ccc(OC(F)(F)F)cc4)CCOc4cccnc43)[nH]c2cn1.O=CO. The van der Waals surface area contributed by atoms with Crippen LogP contribution in [0.15, 0.2) is 60.9 Å². The number of carboxylic acid groups (broad SMARTS) is 1. The first-order chi connectivity index (χ1) is 18.2. The Morgan fingerprint density at radius 1 is 1.21 bits per heavy atom. The number of carbonyl (C=O) groups is 2. The number of carbonyl (C=O) groups excluding carboxylic acids is 1. The van der Waals surface area contributed by atoms with Crippen molar-refractivity contribution in [2.24, 2.45) is 0 Å². The Balaban J connectivity index is 0.00000107. The molecule has 1 aliphatic heterocycles. The Labute approximate surface area is 213 Å². The molecule has 3 aromatic heterocycles. The Morgan fingerprint density at radius 3 is 2.63 bits per heavy atom. The zero-order chi connectivity index (χ0) is 27.3. The van der Waals surface area contributed by atoms with Crippen LogP contribution in [-0.4, -0.2) is 52.5 Å². The molecule has 0 bridgehead atoms. The number of ether oxygens (including phenoxy) is 3. The summed E-state index contributed by atoms with van der Waals surface area (Å²) in [6.45, 7) is 0.00754. The molecule has 0 spiro atoms. The average Bonchev–Trinajstić information content (AvgIpc) is 3.32. The van der Waals surface area contributed by atoms with Gasteiger partial charge in [0.25, 0.3) is 12.4 Å². The molecule has 13 heteroatoms. The highest BCUT2D eigenvalue weighted by Crippen LogP contribution is 2.41. The van der Waals surface area contributed by atoms with Gasteiger partial charge in [-0.05, 0) is 35.9 Å². The van der Waals surface area contributed by atoms with E-state index in [9.17, 15) is 18.0 Å². The molecule has 0 saturated carbocycles. The Hall–Kier alpha value is -4.81. The van der Waals surface area contributed by atoms with Crippen molar-refractivity contribution >= 4 is 23.3 Å². The van der Waals surface area contributed by atoms with Gasteiger partial charge >= 0.3 is 6.36 Å². The summed E-state index contributed by atoms with van der Waals surface area (Å²) >= 11 is 0. The van der Waals surface area contributed by atoms with E-state index in [1.54, 1.807) is 36.7 Å². The van der Waals surface area contributed by atoms with Crippen LogP contribution in [-0.2, 0) is 10.3 Å². The number of halogens is 3. The first-order valence-electron chi connectivity index (χ1n) is 11.1. The van der Waals surface area contributed by atoms with E-state index in [1.165, 1.54) is 31.4 Å². The van der Waals surface area contributed by atoms with Gasteiger partial charge in [0.15, 0.2) is 0 Å². The highest BCUT2D eigenvalue weighted by molar-refractivity contribution is 5.98. The number of rotatable bonds is 5. The second-order valence-electron chi connectivity index (χ2n) is 7.98. The number of aromatic nitrogens is 3. The predicted molar refractivity (Wildman–Crippen MR) is 127 cm³/mol. The lowest BCUT2D eigenvalue weighted by Crippen LogP contribution is -2.50. The van der Waals surface area contributed by atoms with Crippen molar-refractivity contribution < 1.29 is 42.1 Å². The topological polar surface area (TPSA) is 136 Å². The van der Waals surface area contributed by atoms with Gasteiger partial charge in [-0.3, -0.25) is 14.6 Å². The second-order valence-corrected chi connectivity index (χ2v) is 7.98. The van der Waals surface area contributed by atoms with Gasteiger partial charge in [-0.15, -0.1) is 13.2 Å². The molecule has 1 aliphatic rings. The first kappa shape index (κ1) is 26.3. The van der Waals surface area contributed by atoms with Crippen LogP contribution in [0.3, 0.4) is 0 Å². The summed E-state index contributed by atoms with van der Waals surface area (Å²) in [6.07, 6.45) is -1.38. The molecule has 10 nitrogen and oxygen atoms in total. The zero-order valence-corrected chi connectivity index (χ0v) is 19.8. The number of fused-ring (bicyclic) bond motifs is 2. The number of amides is 1. The van der Waals surface area contributed by atoms with E-state index < -0.39 is 17.8 Å². The highest BCUT2D eigenvalue weighted by Gasteiger charge is 2.43. The molecule has 38 heavy (non-hydrogen) atoms. The van der Waals surface area contributed by atoms with E-state index >= 15 is 0 Å². The third-order valence-corrected chi connectivity index (χ3v) is 5.75. The maximum absolute atomic E-state index is 13.4. The van der Waals surface area contributed by atoms with Gasteiger partial charge in [-0.2, -0.15) is 0 Å². The fourth-order valence-corrected chi connectivity index (χ4v) is 4.18. The number of nitrogens with one attached hydrogen (secondary N) is 2. The molecule has 198 valence electrons. The normalized spacial score (nSPS) is 16.3. The third kappa shape index (κ3) is 5.45. The monoisotopic (exact) mass is 530 g/mol. The van der Waals surface area contributed by atoms with E-state index in [-0.39, 0.29) is 24.5 Å². The molecule has 0 unspecified atom stereocenters. The Bertz CT molecular complexity index is 1440. The predicted octanol–water partition coefficient (Wildman–Crippen LogP) is 4.02. The number of benzene rings is 1. The summed E-state index contributed by atoms with van der Waals surface area (Å²) < 4.78 is 52.8. The molecule has 0 radical (unpaired) electrons. The summed E-state index contributed by atoms with van der Waals surface area (Å²) in [7, 11) is 1.50. The maximum atomic E-state index is 13.4. The summed E-state index contributed by atoms with van der Waals surface area (Å²) in [5.41, 5.74) is 0.738. The molecule has 4 heterocycles. The number of H-pyrrole nitrogens is 1. The molecule has 0 fully saturated rings. The number of methoxy groups -OCH3 is 1. The van der Waals surface area contributed by atoms with Gasteiger partial charge in [-0.1, -0.05) is 12.1 Å². The Morgan fingerprint density at radius 2 is 1.95 bits per heavy atom. The quantitative estimate of drug-likeness (QED) is 0.329. The minimum absolute atomic E-state index is 0.250. The van der Waals surface area contributed by atoms with Crippen molar-refractivity contribution in [2.75, 3.05) is 13.7 Å². The number of alkyl halides is 3. The van der Waals surface area contributed by atoms with Crippen LogP contribution in [0.5, 0.6) is 17.4 Å². The van der Waals surface area contributed by atoms with Crippen molar-refractivity contribution in [3.8, 4) is 17.4 Å². The van der Waals surface area contributed by atoms with E-state index in [1.807, 2.05) is 0 Å². The molecule has 0 saturated heterocycles. The van der Waals surface area contributed by atoms with E-state index in [4.69, 9.17) is 19.4 Å². The summed E-state index contributed by atoms with van der Waals surface area (Å²) in [5, 5.41) is 10.7. The number of pyridine rings is 2. The summed E-state index contributed by atoms with van der Waals surface area (Å²) in [4.78, 5) is 33.4. The molecule has 1 atom stereocenters. The number of nitrogens with zero attached hydrogens (tertiary/aromatic N) is 2. The highest BCUT2D eigenvalue weighted by atomic mass is 19.4. The van der Waals surface area contributed by atoms with Crippen molar-refractivity contribution in [3.05, 3.63) is 77.9 Å². The molecule has 1 aromatic carbocycles. The largest absolute Gasteiger partial charge is 0.573 e. The summed E-state index contributed by atoms with van der Waals surface area (Å²) in [5.74, 6) is 0.0753. The van der Waals surface area contributed by atoms with Crippen LogP contribution in [0.25, 0.3) is 10.9 Å². The lowest BCUT2D eigenvalue weighted by atomic mass is 9.81. The van der Waals surface area contributed by atoms with Gasteiger partial charge in [0.1, 0.15) is 28.4 Å². The standard InChI is InChI=1S/C24H19F3N4O4.CH2O2/c1-33-20-12-14-11-17(30-18(14)13-29-20)22(32)31-23(8-10-34-19-3-2-9-28-21(19)23)15-4-6-16(7-5-15)35-24(25,26)27;2-1-3/h2-7,9,11-13,30H,8,10H2,1H3,(H,31,32);1H,(H,2,3)/t23-;/m0./s1. The van der Waals surface area contributed by atoms with E-state index in [0.717, 1.165) is 5.39 Å². The molecule has 5 rings (SSSR count). The number of hydrogen-bond donors (Lipinski definition) is 3. The second kappa shape index (κ2) is 10.7. The lowest BCUT2D eigenvalue weighted by molar-refractivity contribution is -0.274. The van der Waals surface area contributed by atoms with Crippen molar-refractivity contribution in [3.63, 3.8) is 0 Å². The van der Waals surface area contributed by atoms with Gasteiger partial charge in [0, 0.05) is 24.1 Å². The van der Waals surface area contributed by atoms with Gasteiger partial charge in [-0.25, -0.2) is 4.98 Å². The van der Waals surface area contributed by atoms with Crippen molar-refractivity contribution in [1.82, 2.24) is 20.3 Å². The van der Waals surface area contributed by atoms with E-state index in [2.05, 4.69) is 25.0 Å². The van der Waals surface area contributed by atoms with E-state index in [0.29, 0.717) is 34.8 Å². The molecule has 4 aromatic rings. The molecule has 1 amide bonds. The van der Waals surface area contributed by atoms with Crippen LogP contribution >= 0.6 is 0 Å². The Kier molecular flexibility index (Phi) is 7.37. The van der Waals surface area contributed by atoms with Gasteiger partial charge < -0.3 is 29.6 Å². The van der Waals surface area contributed by atoms with Crippen LogP contribution in [0.1, 0.15) is 28.2 Å². The number of aromatic amines is 1. The summed E-state index contributed by atoms with van der Waals surface area (Å²) in [6, 6.07) is 12.2. The van der Waals surface area contributed by atoms with Crippen molar-refractivity contribution in [2.45, 2.75) is 18.3 Å². The first-order valence-corrected chi connectivity index (χ1v) is 11.1. The van der Waals surface area contributed by atoms with Gasteiger partial charge in [0.2, 0.25) is 5.88 Å². The minimum atomic E-state index is -4.81. The number of hydrogen-bond acceptors (Lipinski definition) is 7. The molecule has 0 aliphatic carbocycles. The smallest absolute Gasteiger partial charge is 0.491 e. The van der Waals surface area contributed by atoms with Gasteiger partial charge in [0.05, 0.1) is 25.4 Å². The zero-order valence-electron chi connectivity index (χ0n) is 19.8. The average molecular weight is 530 g/mol.